The maximum absolute atomic E-state index is 12.7. The molecular weight excluding hydrogens is 338 g/mol. The number of rotatable bonds is 11. The Kier molecular flexibility index (Phi) is 9.29. The Balaban J connectivity index is 1.93. The van der Waals surface area contributed by atoms with Crippen molar-refractivity contribution in [1.29, 1.82) is 0 Å². The van der Waals surface area contributed by atoms with E-state index < -0.39 is 6.10 Å². The zero-order valence-corrected chi connectivity index (χ0v) is 17.3. The van der Waals surface area contributed by atoms with Crippen molar-refractivity contribution >= 4 is 5.91 Å². The van der Waals surface area contributed by atoms with Crippen molar-refractivity contribution in [2.24, 2.45) is 5.92 Å². The summed E-state index contributed by atoms with van der Waals surface area (Å²) in [7, 11) is 1.73. The number of amides is 1. The molecule has 0 saturated carbocycles. The fourth-order valence-electron chi connectivity index (χ4n) is 4.22. The molecule has 152 valence electrons. The van der Waals surface area contributed by atoms with Crippen LogP contribution in [0.4, 0.5) is 0 Å². The van der Waals surface area contributed by atoms with Crippen LogP contribution in [0.5, 0.6) is 0 Å². The van der Waals surface area contributed by atoms with Gasteiger partial charge in [0.1, 0.15) is 0 Å². The number of ether oxygens (including phenoxy) is 1. The predicted molar refractivity (Wildman–Crippen MR) is 109 cm³/mol. The highest BCUT2D eigenvalue weighted by Gasteiger charge is 2.36. The maximum atomic E-state index is 12.7. The van der Waals surface area contributed by atoms with Gasteiger partial charge in [-0.3, -0.25) is 4.79 Å². The average Bonchev–Trinajstić information content (AvgIpc) is 3.19. The molecule has 0 spiro atoms. The monoisotopic (exact) mass is 375 g/mol. The van der Waals surface area contributed by atoms with Gasteiger partial charge in [0.05, 0.1) is 18.2 Å². The minimum atomic E-state index is -0.511. The molecule has 1 fully saturated rings. The highest BCUT2D eigenvalue weighted by Crippen LogP contribution is 2.31. The number of aliphatic hydroxyl groups is 1. The molecule has 4 heteroatoms. The van der Waals surface area contributed by atoms with E-state index in [1.54, 1.807) is 7.11 Å². The molecule has 4 atom stereocenters. The Morgan fingerprint density at radius 2 is 2.00 bits per heavy atom. The van der Waals surface area contributed by atoms with Gasteiger partial charge in [0.15, 0.2) is 0 Å². The van der Waals surface area contributed by atoms with Crippen LogP contribution in [0.3, 0.4) is 0 Å². The van der Waals surface area contributed by atoms with E-state index in [9.17, 15) is 9.90 Å². The van der Waals surface area contributed by atoms with Crippen LogP contribution in [-0.4, -0.2) is 41.7 Å². The first-order valence-corrected chi connectivity index (χ1v) is 10.6. The highest BCUT2D eigenvalue weighted by molar-refractivity contribution is 5.76. The predicted octanol–water partition coefficient (Wildman–Crippen LogP) is 4.72. The lowest BCUT2D eigenvalue weighted by Gasteiger charge is -2.33. The lowest BCUT2D eigenvalue weighted by molar-refractivity contribution is -0.135. The molecule has 1 aliphatic heterocycles. The number of carbonyl (C=O) groups excluding carboxylic acids is 1. The number of hydrogen-bond acceptors (Lipinski definition) is 3. The lowest BCUT2D eigenvalue weighted by Crippen LogP contribution is -2.44. The molecule has 1 heterocycles. The summed E-state index contributed by atoms with van der Waals surface area (Å²) in [6.07, 6.45) is 7.40. The number of carbonyl (C=O) groups is 1. The summed E-state index contributed by atoms with van der Waals surface area (Å²) in [5, 5.41) is 10.7. The van der Waals surface area contributed by atoms with Gasteiger partial charge in [-0.25, -0.2) is 0 Å². The summed E-state index contributed by atoms with van der Waals surface area (Å²) in [6.45, 7) is 5.09. The fraction of sp³-hybridized carbons (Fsp3) is 0.696. The van der Waals surface area contributed by atoms with E-state index in [4.69, 9.17) is 4.74 Å². The third kappa shape index (κ3) is 6.32. The molecule has 1 aromatic carbocycles. The molecule has 1 aromatic rings. The Morgan fingerprint density at radius 1 is 1.26 bits per heavy atom. The van der Waals surface area contributed by atoms with E-state index in [2.05, 4.69) is 13.8 Å². The number of benzene rings is 1. The van der Waals surface area contributed by atoms with Crippen molar-refractivity contribution in [3.05, 3.63) is 35.9 Å². The van der Waals surface area contributed by atoms with E-state index in [-0.39, 0.29) is 24.0 Å². The van der Waals surface area contributed by atoms with Gasteiger partial charge in [0, 0.05) is 20.1 Å². The van der Waals surface area contributed by atoms with Crippen LogP contribution in [-0.2, 0) is 9.53 Å². The molecule has 0 bridgehead atoms. The van der Waals surface area contributed by atoms with Gasteiger partial charge in [-0.2, -0.15) is 0 Å². The molecule has 4 nitrogen and oxygen atoms in total. The Labute approximate surface area is 164 Å². The lowest BCUT2D eigenvalue weighted by atomic mass is 9.89. The summed E-state index contributed by atoms with van der Waals surface area (Å²) in [5.41, 5.74) is 0.940. The second kappa shape index (κ2) is 11.5. The van der Waals surface area contributed by atoms with Crippen molar-refractivity contribution in [2.75, 3.05) is 13.7 Å². The van der Waals surface area contributed by atoms with Crippen molar-refractivity contribution in [3.63, 3.8) is 0 Å². The zero-order valence-electron chi connectivity index (χ0n) is 17.3. The van der Waals surface area contributed by atoms with Gasteiger partial charge in [-0.05, 0) is 37.2 Å². The van der Waals surface area contributed by atoms with Crippen LogP contribution >= 0.6 is 0 Å². The van der Waals surface area contributed by atoms with E-state index >= 15 is 0 Å². The normalized spacial score (nSPS) is 20.4. The van der Waals surface area contributed by atoms with Gasteiger partial charge in [0.25, 0.3) is 0 Å². The maximum Gasteiger partial charge on any atom is 0.222 e. The molecule has 1 amide bonds. The third-order valence-electron chi connectivity index (χ3n) is 5.88. The minimum absolute atomic E-state index is 0.0274. The molecule has 0 radical (unpaired) electrons. The quantitative estimate of drug-likeness (QED) is 0.569. The minimum Gasteiger partial charge on any atom is -0.388 e. The number of methoxy groups -OCH3 is 1. The average molecular weight is 376 g/mol. The first kappa shape index (κ1) is 21.9. The van der Waals surface area contributed by atoms with Crippen LogP contribution in [0.1, 0.15) is 76.9 Å². The summed E-state index contributed by atoms with van der Waals surface area (Å²) in [5.74, 6) is 0.339. The van der Waals surface area contributed by atoms with Gasteiger partial charge in [0.2, 0.25) is 5.91 Å². The molecule has 0 unspecified atom stereocenters. The second-order valence-electron chi connectivity index (χ2n) is 7.95. The number of unbranched alkanes of at least 4 members (excludes halogenated alkanes) is 3. The molecular formula is C23H37NO3. The van der Waals surface area contributed by atoms with Gasteiger partial charge >= 0.3 is 0 Å². The van der Waals surface area contributed by atoms with Crippen molar-refractivity contribution in [2.45, 2.75) is 83.5 Å². The standard InChI is InChI=1S/C23H37NO3/c1-4-5-6-10-15-22(25)24-16-11-14-20(24)21(27-3)17-18(2)23(26)19-12-8-7-9-13-19/h7-9,12-13,18,20-21,23,26H,4-6,10-11,14-17H2,1-3H3/t18-,20-,21+,23+/m0/s1. The summed E-state index contributed by atoms with van der Waals surface area (Å²) in [4.78, 5) is 14.7. The zero-order chi connectivity index (χ0) is 19.6. The largest absolute Gasteiger partial charge is 0.388 e. The Hall–Kier alpha value is -1.39. The molecule has 2 rings (SSSR count). The number of likely N-dealkylation sites (tertiary alicyclic amines) is 1. The van der Waals surface area contributed by atoms with Crippen molar-refractivity contribution in [3.8, 4) is 0 Å². The Bertz CT molecular complexity index is 548. The summed E-state index contributed by atoms with van der Waals surface area (Å²) in [6, 6.07) is 9.93. The van der Waals surface area contributed by atoms with E-state index in [0.29, 0.717) is 6.42 Å². The van der Waals surface area contributed by atoms with E-state index in [1.165, 1.54) is 12.8 Å². The number of aliphatic hydroxyl groups excluding tert-OH is 1. The van der Waals surface area contributed by atoms with Crippen LogP contribution < -0.4 is 0 Å². The topological polar surface area (TPSA) is 49.8 Å². The summed E-state index contributed by atoms with van der Waals surface area (Å²) < 4.78 is 5.81. The molecule has 1 aliphatic rings. The van der Waals surface area contributed by atoms with Crippen LogP contribution in [0.2, 0.25) is 0 Å². The SMILES string of the molecule is CCCCCCC(=O)N1CCC[C@H]1[C@@H](C[C@H](C)[C@@H](O)c1ccccc1)OC. The first-order valence-electron chi connectivity index (χ1n) is 10.6. The molecule has 0 aliphatic carbocycles. The molecule has 27 heavy (non-hydrogen) atoms. The van der Waals surface area contributed by atoms with Crippen molar-refractivity contribution < 1.29 is 14.6 Å². The molecule has 0 aromatic heterocycles. The van der Waals surface area contributed by atoms with Crippen LogP contribution in [0.25, 0.3) is 0 Å². The van der Waals surface area contributed by atoms with Gasteiger partial charge < -0.3 is 14.7 Å². The number of hydrogen-bond donors (Lipinski definition) is 1. The molecule has 1 saturated heterocycles. The van der Waals surface area contributed by atoms with Crippen molar-refractivity contribution in [1.82, 2.24) is 4.90 Å². The summed E-state index contributed by atoms with van der Waals surface area (Å²) >= 11 is 0. The second-order valence-corrected chi connectivity index (χ2v) is 7.95. The van der Waals surface area contributed by atoms with Gasteiger partial charge in [-0.15, -0.1) is 0 Å². The first-order chi connectivity index (χ1) is 13.1. The van der Waals surface area contributed by atoms with Crippen LogP contribution in [0.15, 0.2) is 30.3 Å². The molecule has 1 N–H and O–H groups in total. The van der Waals surface area contributed by atoms with Gasteiger partial charge in [-0.1, -0.05) is 63.4 Å². The van der Waals surface area contributed by atoms with E-state index in [0.717, 1.165) is 44.2 Å². The van der Waals surface area contributed by atoms with E-state index in [1.807, 2.05) is 35.2 Å². The van der Waals surface area contributed by atoms with Crippen LogP contribution in [0, 0.1) is 5.92 Å². The third-order valence-corrected chi connectivity index (χ3v) is 5.88. The highest BCUT2D eigenvalue weighted by atomic mass is 16.5. The smallest absolute Gasteiger partial charge is 0.222 e. The Morgan fingerprint density at radius 3 is 2.67 bits per heavy atom. The fourth-order valence-corrected chi connectivity index (χ4v) is 4.22. The number of nitrogens with zero attached hydrogens (tertiary/aromatic N) is 1.